The Bertz CT molecular complexity index is 442. The van der Waals surface area contributed by atoms with Gasteiger partial charge in [-0.25, -0.2) is 0 Å². The fourth-order valence-corrected chi connectivity index (χ4v) is 2.83. The van der Waals surface area contributed by atoms with Crippen molar-refractivity contribution in [2.75, 3.05) is 31.2 Å². The van der Waals surface area contributed by atoms with E-state index in [1.54, 1.807) is 0 Å². The first-order valence-electron chi connectivity index (χ1n) is 7.14. The van der Waals surface area contributed by atoms with Gasteiger partial charge in [-0.15, -0.1) is 0 Å². The monoisotopic (exact) mass is 342 g/mol. The molecular formula is C15H23BrN2O2. The highest BCUT2D eigenvalue weighted by Gasteiger charge is 2.27. The molecule has 0 aromatic heterocycles. The van der Waals surface area contributed by atoms with Gasteiger partial charge in [-0.05, 0) is 31.2 Å². The van der Waals surface area contributed by atoms with E-state index in [1.807, 2.05) is 0 Å². The maximum atomic E-state index is 9.33. The van der Waals surface area contributed by atoms with Gasteiger partial charge < -0.3 is 20.1 Å². The average molecular weight is 343 g/mol. The lowest BCUT2D eigenvalue weighted by Crippen LogP contribution is -2.50. The van der Waals surface area contributed by atoms with E-state index < -0.39 is 0 Å². The minimum absolute atomic E-state index is 0.0692. The highest BCUT2D eigenvalue weighted by molar-refractivity contribution is 9.10. The number of nitrogens with zero attached hydrogens (tertiary/aromatic N) is 1. The molecule has 5 heteroatoms. The second kappa shape index (κ2) is 7.41. The molecule has 2 unspecified atom stereocenters. The minimum atomic E-state index is -0.0998. The van der Waals surface area contributed by atoms with E-state index in [0.29, 0.717) is 12.6 Å². The lowest BCUT2D eigenvalue weighted by atomic mass is 10.1. The molecule has 0 saturated carbocycles. The first-order valence-corrected chi connectivity index (χ1v) is 7.93. The Morgan fingerprint density at radius 3 is 3.00 bits per heavy atom. The van der Waals surface area contributed by atoms with Crippen LogP contribution in [0.5, 0.6) is 0 Å². The number of nitrogens with one attached hydrogen (secondary N) is 1. The number of benzene rings is 1. The van der Waals surface area contributed by atoms with Crippen LogP contribution in [0.3, 0.4) is 0 Å². The molecule has 1 aromatic rings. The molecule has 0 radical (unpaired) electrons. The Balaban J connectivity index is 2.26. The van der Waals surface area contributed by atoms with Crippen LogP contribution in [-0.4, -0.2) is 43.6 Å². The third-order valence-electron chi connectivity index (χ3n) is 3.63. The van der Waals surface area contributed by atoms with E-state index in [1.165, 1.54) is 11.3 Å². The van der Waals surface area contributed by atoms with Gasteiger partial charge in [-0.1, -0.05) is 28.9 Å². The van der Waals surface area contributed by atoms with Crippen molar-refractivity contribution in [1.82, 2.24) is 5.32 Å². The van der Waals surface area contributed by atoms with Gasteiger partial charge in [-0.3, -0.25) is 0 Å². The molecule has 1 aliphatic heterocycles. The van der Waals surface area contributed by atoms with E-state index >= 15 is 0 Å². The van der Waals surface area contributed by atoms with Crippen LogP contribution in [0.15, 0.2) is 22.7 Å². The van der Waals surface area contributed by atoms with Crippen molar-refractivity contribution in [3.05, 3.63) is 28.2 Å². The van der Waals surface area contributed by atoms with Gasteiger partial charge >= 0.3 is 0 Å². The smallest absolute Gasteiger partial charge is 0.0981 e. The fraction of sp³-hybridized carbons (Fsp3) is 0.600. The zero-order valence-electron chi connectivity index (χ0n) is 12.1. The average Bonchev–Trinajstić information content (AvgIpc) is 2.46. The molecule has 0 bridgehead atoms. The summed E-state index contributed by atoms with van der Waals surface area (Å²) in [6, 6.07) is 6.69. The SMILES string of the molecule is CCNCc1ccc(Br)cc1N1CC(CO)OCC1C. The van der Waals surface area contributed by atoms with Crippen molar-refractivity contribution in [1.29, 1.82) is 0 Å². The van der Waals surface area contributed by atoms with Crippen molar-refractivity contribution in [3.8, 4) is 0 Å². The summed E-state index contributed by atoms with van der Waals surface area (Å²) in [5.41, 5.74) is 2.50. The summed E-state index contributed by atoms with van der Waals surface area (Å²) in [4.78, 5) is 2.34. The number of hydrogen-bond acceptors (Lipinski definition) is 4. The minimum Gasteiger partial charge on any atom is -0.394 e. The zero-order valence-corrected chi connectivity index (χ0v) is 13.7. The van der Waals surface area contributed by atoms with E-state index in [0.717, 1.165) is 24.1 Å². The number of morpholine rings is 1. The van der Waals surface area contributed by atoms with Crippen LogP contribution < -0.4 is 10.2 Å². The molecule has 112 valence electrons. The van der Waals surface area contributed by atoms with Crippen LogP contribution in [0.2, 0.25) is 0 Å². The number of hydrogen-bond donors (Lipinski definition) is 2. The third-order valence-corrected chi connectivity index (χ3v) is 4.12. The molecule has 20 heavy (non-hydrogen) atoms. The molecule has 4 nitrogen and oxygen atoms in total. The Kier molecular flexibility index (Phi) is 5.84. The first-order chi connectivity index (χ1) is 9.65. The summed E-state index contributed by atoms with van der Waals surface area (Å²) in [7, 11) is 0. The van der Waals surface area contributed by atoms with Crippen LogP contribution >= 0.6 is 15.9 Å². The van der Waals surface area contributed by atoms with Gasteiger partial charge in [0.2, 0.25) is 0 Å². The summed E-state index contributed by atoms with van der Waals surface area (Å²) in [5, 5.41) is 12.7. The molecule has 2 N–H and O–H groups in total. The van der Waals surface area contributed by atoms with E-state index in [9.17, 15) is 5.11 Å². The Labute approximate surface area is 129 Å². The lowest BCUT2D eigenvalue weighted by molar-refractivity contribution is -0.0103. The van der Waals surface area contributed by atoms with Crippen molar-refractivity contribution in [3.63, 3.8) is 0 Å². The van der Waals surface area contributed by atoms with E-state index in [-0.39, 0.29) is 12.7 Å². The molecule has 0 amide bonds. The van der Waals surface area contributed by atoms with Crippen molar-refractivity contribution < 1.29 is 9.84 Å². The number of halogens is 1. The molecule has 0 aliphatic carbocycles. The Morgan fingerprint density at radius 1 is 1.50 bits per heavy atom. The molecule has 0 spiro atoms. The molecule has 1 aliphatic rings. The van der Waals surface area contributed by atoms with Crippen LogP contribution in [0.25, 0.3) is 0 Å². The topological polar surface area (TPSA) is 44.7 Å². The van der Waals surface area contributed by atoms with Gasteiger partial charge in [0.1, 0.15) is 0 Å². The quantitative estimate of drug-likeness (QED) is 0.860. The summed E-state index contributed by atoms with van der Waals surface area (Å²) < 4.78 is 6.70. The van der Waals surface area contributed by atoms with Crippen LogP contribution in [0.1, 0.15) is 19.4 Å². The number of rotatable bonds is 5. The molecule has 2 atom stereocenters. The number of aliphatic hydroxyl groups is 1. The third kappa shape index (κ3) is 3.73. The maximum absolute atomic E-state index is 9.33. The number of ether oxygens (including phenoxy) is 1. The Hall–Kier alpha value is -0.620. The van der Waals surface area contributed by atoms with Gasteiger partial charge in [0, 0.05) is 29.3 Å². The highest BCUT2D eigenvalue weighted by atomic mass is 79.9. The predicted octanol–water partition coefficient (Wildman–Crippen LogP) is 2.14. The second-order valence-electron chi connectivity index (χ2n) is 5.19. The number of aliphatic hydroxyl groups excluding tert-OH is 1. The van der Waals surface area contributed by atoms with Gasteiger partial charge in [0.05, 0.1) is 19.3 Å². The summed E-state index contributed by atoms with van der Waals surface area (Å²) >= 11 is 3.56. The zero-order chi connectivity index (χ0) is 14.5. The fourth-order valence-electron chi connectivity index (χ4n) is 2.48. The van der Waals surface area contributed by atoms with Crippen LogP contribution in [0.4, 0.5) is 5.69 Å². The lowest BCUT2D eigenvalue weighted by Gasteiger charge is -2.40. The first kappa shape index (κ1) is 15.8. The molecular weight excluding hydrogens is 320 g/mol. The number of anilines is 1. The van der Waals surface area contributed by atoms with Crippen molar-refractivity contribution >= 4 is 21.6 Å². The highest BCUT2D eigenvalue weighted by Crippen LogP contribution is 2.29. The normalized spacial score (nSPS) is 23.1. The Morgan fingerprint density at radius 2 is 2.30 bits per heavy atom. The van der Waals surface area contributed by atoms with Crippen molar-refractivity contribution in [2.24, 2.45) is 0 Å². The maximum Gasteiger partial charge on any atom is 0.0981 e. The molecule has 2 rings (SSSR count). The predicted molar refractivity (Wildman–Crippen MR) is 85.2 cm³/mol. The van der Waals surface area contributed by atoms with Gasteiger partial charge in [-0.2, -0.15) is 0 Å². The molecule has 1 fully saturated rings. The van der Waals surface area contributed by atoms with Crippen LogP contribution in [0, 0.1) is 0 Å². The van der Waals surface area contributed by atoms with Crippen LogP contribution in [-0.2, 0) is 11.3 Å². The van der Waals surface area contributed by atoms with E-state index in [2.05, 4.69) is 58.2 Å². The van der Waals surface area contributed by atoms with Crippen molar-refractivity contribution in [2.45, 2.75) is 32.5 Å². The standard InChI is InChI=1S/C15H23BrN2O2/c1-3-17-7-12-4-5-13(16)6-15(12)18-8-14(9-19)20-10-11(18)2/h4-6,11,14,17,19H,3,7-10H2,1-2H3. The van der Waals surface area contributed by atoms with Gasteiger partial charge in [0.25, 0.3) is 0 Å². The van der Waals surface area contributed by atoms with Gasteiger partial charge in [0.15, 0.2) is 0 Å². The largest absolute Gasteiger partial charge is 0.394 e. The molecule has 1 aromatic carbocycles. The summed E-state index contributed by atoms with van der Waals surface area (Å²) in [5.74, 6) is 0. The van der Waals surface area contributed by atoms with E-state index in [4.69, 9.17) is 4.74 Å². The molecule has 1 saturated heterocycles. The summed E-state index contributed by atoms with van der Waals surface area (Å²) in [6.45, 7) is 7.52. The summed E-state index contributed by atoms with van der Waals surface area (Å²) in [6.07, 6.45) is -0.0998. The molecule has 1 heterocycles. The second-order valence-corrected chi connectivity index (χ2v) is 6.11.